The Morgan fingerprint density at radius 1 is 1.41 bits per heavy atom. The normalized spacial score (nSPS) is 18.8. The zero-order chi connectivity index (χ0) is 22.9. The zero-order valence-corrected chi connectivity index (χ0v) is 19.0. The smallest absolute Gasteiger partial charge is 0.270 e. The quantitative estimate of drug-likeness (QED) is 0.606. The van der Waals surface area contributed by atoms with Gasteiger partial charge in [-0.1, -0.05) is 13.0 Å². The molecular formula is C23H32N4O5. The van der Waals surface area contributed by atoms with Crippen LogP contribution in [0.5, 0.6) is 5.88 Å². The van der Waals surface area contributed by atoms with Crippen molar-refractivity contribution in [3.8, 4) is 5.88 Å². The van der Waals surface area contributed by atoms with E-state index in [1.54, 1.807) is 10.8 Å². The van der Waals surface area contributed by atoms with Crippen LogP contribution in [0.15, 0.2) is 17.1 Å². The molecule has 1 amide bonds. The van der Waals surface area contributed by atoms with Gasteiger partial charge < -0.3 is 19.9 Å². The van der Waals surface area contributed by atoms with E-state index in [2.05, 4.69) is 17.3 Å². The summed E-state index contributed by atoms with van der Waals surface area (Å²) in [6.45, 7) is 8.69. The van der Waals surface area contributed by atoms with Crippen molar-refractivity contribution in [2.45, 2.75) is 59.0 Å². The van der Waals surface area contributed by atoms with Gasteiger partial charge in [-0.3, -0.25) is 14.2 Å². The minimum absolute atomic E-state index is 0.0652. The summed E-state index contributed by atoms with van der Waals surface area (Å²) in [6, 6.07) is 0.0652. The van der Waals surface area contributed by atoms with Crippen LogP contribution >= 0.6 is 0 Å². The fourth-order valence-corrected chi connectivity index (χ4v) is 4.11. The van der Waals surface area contributed by atoms with Crippen LogP contribution in [0.4, 0.5) is 0 Å². The summed E-state index contributed by atoms with van der Waals surface area (Å²) >= 11 is 0. The Morgan fingerprint density at radius 2 is 2.12 bits per heavy atom. The topological polar surface area (TPSA) is 107 Å². The molecule has 1 saturated carbocycles. The second kappa shape index (κ2) is 9.07. The van der Waals surface area contributed by atoms with E-state index in [0.717, 1.165) is 36.8 Å². The van der Waals surface area contributed by atoms with E-state index in [1.165, 1.54) is 4.52 Å². The second-order valence-corrected chi connectivity index (χ2v) is 9.10. The average molecular weight is 445 g/mol. The summed E-state index contributed by atoms with van der Waals surface area (Å²) in [5.41, 5.74) is 1.16. The third-order valence-electron chi connectivity index (χ3n) is 6.40. The molecule has 2 aromatic heterocycles. The molecule has 2 aromatic rings. The molecule has 2 aliphatic rings. The summed E-state index contributed by atoms with van der Waals surface area (Å²) in [5, 5.41) is 18.1. The molecule has 0 atom stereocenters. The first-order valence-corrected chi connectivity index (χ1v) is 11.3. The van der Waals surface area contributed by atoms with Crippen LogP contribution in [0.2, 0.25) is 0 Å². The van der Waals surface area contributed by atoms with Crippen molar-refractivity contribution >= 4 is 17.1 Å². The van der Waals surface area contributed by atoms with E-state index in [4.69, 9.17) is 9.47 Å². The Bertz CT molecular complexity index is 1090. The predicted octanol–water partition coefficient (Wildman–Crippen LogP) is 2.35. The molecule has 0 spiro atoms. The SMILES string of the molecule is CCOC/C=C(\C)c1cnn2c(O)c(C(=O)NC3CC3)c(=O)n(CC3(C)CCOCC3)c12. The van der Waals surface area contributed by atoms with Crippen LogP contribution in [0.3, 0.4) is 0 Å². The van der Waals surface area contributed by atoms with Crippen LogP contribution in [0.1, 0.15) is 62.4 Å². The maximum atomic E-state index is 13.6. The minimum atomic E-state index is -0.552. The molecule has 0 unspecified atom stereocenters. The van der Waals surface area contributed by atoms with E-state index < -0.39 is 17.3 Å². The lowest BCUT2D eigenvalue weighted by molar-refractivity contribution is 0.0154. The molecule has 0 bridgehead atoms. The van der Waals surface area contributed by atoms with Gasteiger partial charge in [0.15, 0.2) is 5.56 Å². The number of fused-ring (bicyclic) bond motifs is 1. The zero-order valence-electron chi connectivity index (χ0n) is 19.0. The summed E-state index contributed by atoms with van der Waals surface area (Å²) < 4.78 is 13.9. The van der Waals surface area contributed by atoms with Gasteiger partial charge in [-0.05, 0) is 50.5 Å². The molecule has 9 heteroatoms. The van der Waals surface area contributed by atoms with E-state index in [0.29, 0.717) is 38.6 Å². The summed E-state index contributed by atoms with van der Waals surface area (Å²) in [4.78, 5) is 26.5. The second-order valence-electron chi connectivity index (χ2n) is 9.10. The van der Waals surface area contributed by atoms with Gasteiger partial charge in [-0.15, -0.1) is 0 Å². The maximum absolute atomic E-state index is 13.6. The lowest BCUT2D eigenvalue weighted by Gasteiger charge is -2.34. The number of ether oxygens (including phenoxy) is 2. The van der Waals surface area contributed by atoms with Crippen molar-refractivity contribution < 1.29 is 19.4 Å². The predicted molar refractivity (Wildman–Crippen MR) is 120 cm³/mol. The lowest BCUT2D eigenvalue weighted by Crippen LogP contribution is -2.40. The Labute approximate surface area is 187 Å². The largest absolute Gasteiger partial charge is 0.492 e. The first-order chi connectivity index (χ1) is 15.3. The molecule has 3 heterocycles. The molecule has 4 rings (SSSR count). The Morgan fingerprint density at radius 3 is 2.78 bits per heavy atom. The number of amides is 1. The number of nitrogens with one attached hydrogen (secondary N) is 1. The molecule has 1 aliphatic heterocycles. The molecule has 2 N–H and O–H groups in total. The number of hydrogen-bond acceptors (Lipinski definition) is 6. The highest BCUT2D eigenvalue weighted by molar-refractivity contribution is 5.96. The molecule has 2 fully saturated rings. The van der Waals surface area contributed by atoms with Crippen molar-refractivity contribution in [1.29, 1.82) is 0 Å². The van der Waals surface area contributed by atoms with Crippen LogP contribution in [0.25, 0.3) is 11.2 Å². The number of allylic oxidation sites excluding steroid dienone is 1. The molecule has 9 nitrogen and oxygen atoms in total. The van der Waals surface area contributed by atoms with Gasteiger partial charge in [0.05, 0.1) is 12.8 Å². The van der Waals surface area contributed by atoms with Crippen molar-refractivity contribution in [3.05, 3.63) is 33.8 Å². The fourth-order valence-electron chi connectivity index (χ4n) is 4.11. The highest BCUT2D eigenvalue weighted by Gasteiger charge is 2.33. The standard InChI is InChI=1S/C23H32N4O5/c1-4-31-10-7-15(2)17-13-24-27-20(17)26(14-23(3)8-11-32-12-9-23)21(29)18(22(27)30)19(28)25-16-5-6-16/h7,13,16,30H,4-6,8-12,14H2,1-3H3,(H,25,28)/b15-7+. The summed E-state index contributed by atoms with van der Waals surface area (Å²) in [7, 11) is 0. The van der Waals surface area contributed by atoms with E-state index >= 15 is 0 Å². The fraction of sp³-hybridized carbons (Fsp3) is 0.609. The highest BCUT2D eigenvalue weighted by atomic mass is 16.5. The van der Waals surface area contributed by atoms with E-state index in [9.17, 15) is 14.7 Å². The van der Waals surface area contributed by atoms with Gasteiger partial charge in [-0.2, -0.15) is 9.61 Å². The maximum Gasteiger partial charge on any atom is 0.270 e. The Balaban J connectivity index is 1.86. The molecule has 0 radical (unpaired) electrons. The van der Waals surface area contributed by atoms with Crippen molar-refractivity contribution in [1.82, 2.24) is 19.5 Å². The summed E-state index contributed by atoms with van der Waals surface area (Å²) in [5.74, 6) is -0.983. The summed E-state index contributed by atoms with van der Waals surface area (Å²) in [6.07, 6.45) is 6.93. The van der Waals surface area contributed by atoms with Crippen LogP contribution in [0, 0.1) is 5.41 Å². The van der Waals surface area contributed by atoms with Gasteiger partial charge >= 0.3 is 0 Å². The van der Waals surface area contributed by atoms with E-state index in [-0.39, 0.29) is 17.0 Å². The molecule has 0 aromatic carbocycles. The van der Waals surface area contributed by atoms with Gasteiger partial charge in [0.1, 0.15) is 5.65 Å². The number of aromatic hydroxyl groups is 1. The van der Waals surface area contributed by atoms with E-state index in [1.807, 2.05) is 19.9 Å². The van der Waals surface area contributed by atoms with Crippen LogP contribution in [-0.4, -0.2) is 57.7 Å². The minimum Gasteiger partial charge on any atom is -0.492 e. The van der Waals surface area contributed by atoms with Crippen molar-refractivity contribution in [3.63, 3.8) is 0 Å². The third-order valence-corrected chi connectivity index (χ3v) is 6.40. The first kappa shape index (κ1) is 22.5. The molecule has 1 aliphatic carbocycles. The first-order valence-electron chi connectivity index (χ1n) is 11.3. The molecule has 174 valence electrons. The molecule has 32 heavy (non-hydrogen) atoms. The number of hydrogen-bond donors (Lipinski definition) is 2. The van der Waals surface area contributed by atoms with Crippen LogP contribution in [-0.2, 0) is 16.0 Å². The number of carbonyl (C=O) groups excluding carboxylic acids is 1. The molecular weight excluding hydrogens is 412 g/mol. The highest BCUT2D eigenvalue weighted by Crippen LogP contribution is 2.33. The average Bonchev–Trinajstić information content (AvgIpc) is 3.45. The molecule has 1 saturated heterocycles. The van der Waals surface area contributed by atoms with Gasteiger partial charge in [0.25, 0.3) is 11.5 Å². The van der Waals surface area contributed by atoms with Crippen molar-refractivity contribution in [2.75, 3.05) is 26.4 Å². The van der Waals surface area contributed by atoms with Crippen molar-refractivity contribution in [2.24, 2.45) is 5.41 Å². The van der Waals surface area contributed by atoms with Gasteiger partial charge in [0.2, 0.25) is 5.88 Å². The monoisotopic (exact) mass is 444 g/mol. The number of rotatable bonds is 8. The lowest BCUT2D eigenvalue weighted by atomic mass is 9.82. The van der Waals surface area contributed by atoms with Crippen LogP contribution < -0.4 is 10.9 Å². The Hall–Kier alpha value is -2.65. The van der Waals surface area contributed by atoms with Gasteiger partial charge in [-0.25, -0.2) is 0 Å². The number of carbonyl (C=O) groups is 1. The van der Waals surface area contributed by atoms with Gasteiger partial charge in [0, 0.05) is 38.0 Å². The number of nitrogens with zero attached hydrogens (tertiary/aromatic N) is 3. The Kier molecular flexibility index (Phi) is 6.39. The number of aromatic nitrogens is 3. The third kappa shape index (κ3) is 4.45.